The Morgan fingerprint density at radius 1 is 1.07 bits per heavy atom. The summed E-state index contributed by atoms with van der Waals surface area (Å²) in [7, 11) is 0. The predicted octanol–water partition coefficient (Wildman–Crippen LogP) is 4.70. The second kappa shape index (κ2) is 8.15. The van der Waals surface area contributed by atoms with Crippen LogP contribution in [0.5, 0.6) is 0 Å². The van der Waals surface area contributed by atoms with E-state index < -0.39 is 5.97 Å². The highest BCUT2D eigenvalue weighted by Crippen LogP contribution is 2.29. The van der Waals surface area contributed by atoms with E-state index in [1.165, 1.54) is 23.1 Å². The van der Waals surface area contributed by atoms with Crippen LogP contribution in [-0.2, 0) is 11.3 Å². The average Bonchev–Trinajstić information content (AvgIpc) is 3.39. The topological polar surface area (TPSA) is 78.1 Å². The van der Waals surface area contributed by atoms with E-state index in [1.54, 1.807) is 18.3 Å². The van der Waals surface area contributed by atoms with Gasteiger partial charge in [0.1, 0.15) is 5.03 Å². The van der Waals surface area contributed by atoms with Gasteiger partial charge in [0.05, 0.1) is 10.4 Å². The Hall–Kier alpha value is -2.97. The molecule has 6 nitrogen and oxygen atoms in total. The van der Waals surface area contributed by atoms with Crippen LogP contribution < -0.4 is 0 Å². The van der Waals surface area contributed by atoms with E-state index >= 15 is 0 Å². The van der Waals surface area contributed by atoms with Crippen molar-refractivity contribution in [2.45, 2.75) is 16.5 Å². The summed E-state index contributed by atoms with van der Waals surface area (Å²) in [6.07, 6.45) is 1.65. The number of aromatic nitrogens is 3. The van der Waals surface area contributed by atoms with Crippen LogP contribution in [0.4, 0.5) is 0 Å². The molecule has 0 aliphatic heterocycles. The van der Waals surface area contributed by atoms with Crippen LogP contribution in [-0.4, -0.2) is 21.2 Å². The lowest BCUT2D eigenvalue weighted by Gasteiger charge is -2.07. The number of pyridine rings is 1. The minimum Gasteiger partial charge on any atom is -0.452 e. The molecule has 0 spiro atoms. The van der Waals surface area contributed by atoms with Crippen LogP contribution in [0.1, 0.15) is 16.2 Å². The molecule has 0 N–H and O–H groups in total. The maximum Gasteiger partial charge on any atom is 0.341 e. The van der Waals surface area contributed by atoms with Crippen molar-refractivity contribution in [2.75, 3.05) is 0 Å². The molecule has 3 aromatic heterocycles. The zero-order chi connectivity index (χ0) is 18.5. The quantitative estimate of drug-likeness (QED) is 0.438. The Bertz CT molecular complexity index is 1030. The summed E-state index contributed by atoms with van der Waals surface area (Å²) >= 11 is 2.90. The van der Waals surface area contributed by atoms with E-state index in [1.807, 2.05) is 47.8 Å². The molecule has 1 aromatic carbocycles. The molecular formula is C19H13N3O3S2. The van der Waals surface area contributed by atoms with Crippen LogP contribution in [0, 0.1) is 0 Å². The van der Waals surface area contributed by atoms with Crippen molar-refractivity contribution in [1.82, 2.24) is 15.2 Å². The van der Waals surface area contributed by atoms with Gasteiger partial charge in [0.2, 0.25) is 0 Å². The fraction of sp³-hybridized carbons (Fsp3) is 0.0526. The van der Waals surface area contributed by atoms with Gasteiger partial charge in [-0.25, -0.2) is 9.78 Å². The van der Waals surface area contributed by atoms with Crippen LogP contribution in [0.15, 0.2) is 80.5 Å². The van der Waals surface area contributed by atoms with Crippen molar-refractivity contribution < 1.29 is 13.9 Å². The lowest BCUT2D eigenvalue weighted by atomic mass is 10.3. The molecule has 0 bridgehead atoms. The Morgan fingerprint density at radius 3 is 2.78 bits per heavy atom. The van der Waals surface area contributed by atoms with Crippen molar-refractivity contribution in [3.63, 3.8) is 0 Å². The molecule has 0 aliphatic carbocycles. The Kier molecular flexibility index (Phi) is 5.27. The van der Waals surface area contributed by atoms with Crippen molar-refractivity contribution in [2.24, 2.45) is 0 Å². The molecule has 0 amide bonds. The van der Waals surface area contributed by atoms with Crippen molar-refractivity contribution in [3.8, 4) is 10.8 Å². The van der Waals surface area contributed by atoms with E-state index in [0.29, 0.717) is 16.5 Å². The smallest absolute Gasteiger partial charge is 0.341 e. The third-order valence-corrected chi connectivity index (χ3v) is 5.36. The van der Waals surface area contributed by atoms with Gasteiger partial charge in [-0.3, -0.25) is 0 Å². The molecule has 3 heterocycles. The zero-order valence-electron chi connectivity index (χ0n) is 13.9. The van der Waals surface area contributed by atoms with Crippen molar-refractivity contribution in [1.29, 1.82) is 0 Å². The maximum absolute atomic E-state index is 12.5. The monoisotopic (exact) mass is 395 g/mol. The number of carbonyl (C=O) groups excluding carboxylic acids is 1. The van der Waals surface area contributed by atoms with Gasteiger partial charge in [0, 0.05) is 11.1 Å². The maximum atomic E-state index is 12.5. The minimum absolute atomic E-state index is 0.0957. The SMILES string of the molecule is O=C(OCc1nnc(-c2cccs2)o1)c1cccnc1Sc1ccccc1. The molecule has 0 radical (unpaired) electrons. The van der Waals surface area contributed by atoms with E-state index in [-0.39, 0.29) is 12.5 Å². The fourth-order valence-corrected chi connectivity index (χ4v) is 3.78. The van der Waals surface area contributed by atoms with Gasteiger partial charge in [-0.15, -0.1) is 21.5 Å². The highest BCUT2D eigenvalue weighted by Gasteiger charge is 2.17. The number of nitrogens with zero attached hydrogens (tertiary/aromatic N) is 3. The molecule has 4 aromatic rings. The third-order valence-electron chi connectivity index (χ3n) is 3.47. The first-order valence-corrected chi connectivity index (χ1v) is 9.70. The second-order valence-corrected chi connectivity index (χ2v) is 7.34. The van der Waals surface area contributed by atoms with Gasteiger partial charge in [-0.1, -0.05) is 36.0 Å². The highest BCUT2D eigenvalue weighted by atomic mass is 32.2. The summed E-state index contributed by atoms with van der Waals surface area (Å²) < 4.78 is 10.9. The number of ether oxygens (including phenoxy) is 1. The summed E-state index contributed by atoms with van der Waals surface area (Å²) in [4.78, 5) is 18.7. The molecule has 0 saturated heterocycles. The number of benzene rings is 1. The molecule has 27 heavy (non-hydrogen) atoms. The first-order chi connectivity index (χ1) is 13.3. The molecule has 134 valence electrons. The van der Waals surface area contributed by atoms with Crippen LogP contribution in [0.2, 0.25) is 0 Å². The van der Waals surface area contributed by atoms with Gasteiger partial charge in [-0.2, -0.15) is 0 Å². The highest BCUT2D eigenvalue weighted by molar-refractivity contribution is 7.99. The Labute approximate surface area is 163 Å². The lowest BCUT2D eigenvalue weighted by Crippen LogP contribution is -2.07. The largest absolute Gasteiger partial charge is 0.452 e. The van der Waals surface area contributed by atoms with Crippen LogP contribution >= 0.6 is 23.1 Å². The Morgan fingerprint density at radius 2 is 1.96 bits per heavy atom. The van der Waals surface area contributed by atoms with Gasteiger partial charge >= 0.3 is 5.97 Å². The van der Waals surface area contributed by atoms with E-state index in [2.05, 4.69) is 15.2 Å². The number of carbonyl (C=O) groups is 1. The number of hydrogen-bond donors (Lipinski definition) is 0. The van der Waals surface area contributed by atoms with Crippen molar-refractivity contribution in [3.05, 3.63) is 77.6 Å². The van der Waals surface area contributed by atoms with E-state index in [9.17, 15) is 4.79 Å². The number of hydrogen-bond acceptors (Lipinski definition) is 8. The average molecular weight is 395 g/mol. The normalized spacial score (nSPS) is 10.7. The molecule has 0 fully saturated rings. The molecule has 0 aliphatic rings. The molecule has 0 atom stereocenters. The van der Waals surface area contributed by atoms with Gasteiger partial charge in [0.15, 0.2) is 6.61 Å². The van der Waals surface area contributed by atoms with E-state index in [0.717, 1.165) is 9.77 Å². The third kappa shape index (κ3) is 4.24. The first kappa shape index (κ1) is 17.4. The molecule has 4 rings (SSSR count). The standard InChI is InChI=1S/C19H13N3O3S2/c23-19(24-12-16-21-22-17(25-16)15-9-5-11-26-15)14-8-4-10-20-18(14)27-13-6-2-1-3-7-13/h1-11H,12H2. The summed E-state index contributed by atoms with van der Waals surface area (Å²) in [5.41, 5.74) is 0.393. The van der Waals surface area contributed by atoms with Gasteiger partial charge in [-0.05, 0) is 35.7 Å². The summed E-state index contributed by atoms with van der Waals surface area (Å²) in [5.74, 6) is 0.169. The summed E-state index contributed by atoms with van der Waals surface area (Å²) in [6.45, 7) is -0.0957. The van der Waals surface area contributed by atoms with Crippen molar-refractivity contribution >= 4 is 29.1 Å². The minimum atomic E-state index is -0.489. The number of rotatable bonds is 6. The molecular weight excluding hydrogens is 382 g/mol. The fourth-order valence-electron chi connectivity index (χ4n) is 2.24. The second-order valence-electron chi connectivity index (χ2n) is 5.33. The molecule has 0 unspecified atom stereocenters. The summed E-state index contributed by atoms with van der Waals surface area (Å²) in [6, 6.07) is 16.9. The van der Waals surface area contributed by atoms with Crippen LogP contribution in [0.25, 0.3) is 10.8 Å². The molecule has 0 saturated carbocycles. The predicted molar refractivity (Wildman–Crippen MR) is 102 cm³/mol. The number of esters is 1. The van der Waals surface area contributed by atoms with E-state index in [4.69, 9.17) is 9.15 Å². The summed E-state index contributed by atoms with van der Waals surface area (Å²) in [5, 5.41) is 10.4. The van der Waals surface area contributed by atoms with Gasteiger partial charge in [0.25, 0.3) is 11.8 Å². The van der Waals surface area contributed by atoms with Gasteiger partial charge < -0.3 is 9.15 Å². The Balaban J connectivity index is 1.44. The number of thiophene rings is 1. The molecule has 8 heteroatoms. The lowest BCUT2D eigenvalue weighted by molar-refractivity contribution is 0.0433. The first-order valence-electron chi connectivity index (χ1n) is 8.01. The van der Waals surface area contributed by atoms with Crippen LogP contribution in [0.3, 0.4) is 0 Å². The zero-order valence-corrected chi connectivity index (χ0v) is 15.6.